The van der Waals surface area contributed by atoms with Gasteiger partial charge >= 0.3 is 0 Å². The molecule has 3 nitrogen and oxygen atoms in total. The van der Waals surface area contributed by atoms with Gasteiger partial charge in [0.25, 0.3) is 0 Å². The van der Waals surface area contributed by atoms with Gasteiger partial charge in [-0.25, -0.2) is 0 Å². The molecule has 2 rings (SSSR count). The summed E-state index contributed by atoms with van der Waals surface area (Å²) >= 11 is 0. The minimum atomic E-state index is -0.557. The molecule has 2 fully saturated rings. The Morgan fingerprint density at radius 1 is 0.958 bits per heavy atom. The summed E-state index contributed by atoms with van der Waals surface area (Å²) in [6, 6.07) is 0. The highest BCUT2D eigenvalue weighted by Crippen LogP contribution is 2.40. The molecular weight excluding hydrogens is 296 g/mol. The van der Waals surface area contributed by atoms with Crippen LogP contribution >= 0.6 is 0 Å². The van der Waals surface area contributed by atoms with Gasteiger partial charge in [0.2, 0.25) is 0 Å². The zero-order chi connectivity index (χ0) is 17.6. The van der Waals surface area contributed by atoms with Gasteiger partial charge in [0.05, 0.1) is 5.84 Å². The summed E-state index contributed by atoms with van der Waals surface area (Å²) in [5, 5.41) is 0. The molecule has 2 aliphatic carbocycles. The summed E-state index contributed by atoms with van der Waals surface area (Å²) < 4.78 is 0. The molecule has 0 radical (unpaired) electrons. The molecule has 0 aromatic rings. The molecule has 0 bridgehead atoms. The van der Waals surface area contributed by atoms with E-state index in [0.29, 0.717) is 17.7 Å². The molecule has 2 saturated carbocycles. The molecule has 0 saturated heterocycles. The Hall–Kier alpha value is -0.860. The lowest BCUT2D eigenvalue weighted by Gasteiger charge is -2.37. The van der Waals surface area contributed by atoms with Crippen LogP contribution in [0.2, 0.25) is 0 Å². The normalized spacial score (nSPS) is 22.1. The van der Waals surface area contributed by atoms with E-state index in [4.69, 9.17) is 10.7 Å². The Labute approximate surface area is 148 Å². The Morgan fingerprint density at radius 3 is 1.71 bits per heavy atom. The summed E-state index contributed by atoms with van der Waals surface area (Å²) in [6.07, 6.45) is 14.8. The van der Waals surface area contributed by atoms with E-state index in [9.17, 15) is 4.79 Å². The SMILES string of the molecule is CC(=O)C(CC1CCCCC1)(CC1CCCCC1)N=C(N)C(C)C. The number of carbonyl (C=O) groups is 1. The second-order valence-electron chi connectivity index (χ2n) is 8.70. The quantitative estimate of drug-likeness (QED) is 0.509. The summed E-state index contributed by atoms with van der Waals surface area (Å²) in [5.74, 6) is 2.41. The molecule has 24 heavy (non-hydrogen) atoms. The summed E-state index contributed by atoms with van der Waals surface area (Å²) in [7, 11) is 0. The Balaban J connectivity index is 2.23. The molecule has 0 heterocycles. The molecular formula is C21H38N2O. The molecule has 3 heteroatoms. The van der Waals surface area contributed by atoms with Crippen LogP contribution in [0.4, 0.5) is 0 Å². The molecule has 138 valence electrons. The first kappa shape index (κ1) is 19.5. The largest absolute Gasteiger partial charge is 0.387 e. The second kappa shape index (κ2) is 9.01. The van der Waals surface area contributed by atoms with Crippen molar-refractivity contribution in [1.82, 2.24) is 0 Å². The van der Waals surface area contributed by atoms with Crippen molar-refractivity contribution in [3.05, 3.63) is 0 Å². The maximum absolute atomic E-state index is 12.8. The minimum Gasteiger partial charge on any atom is -0.387 e. The van der Waals surface area contributed by atoms with Gasteiger partial charge < -0.3 is 5.73 Å². The van der Waals surface area contributed by atoms with E-state index in [0.717, 1.165) is 12.8 Å². The number of carbonyl (C=O) groups excluding carboxylic acids is 1. The van der Waals surface area contributed by atoms with Gasteiger partial charge in [-0.05, 0) is 31.6 Å². The number of aliphatic imine (C=N–C) groups is 1. The summed E-state index contributed by atoms with van der Waals surface area (Å²) in [6.45, 7) is 5.90. The third kappa shape index (κ3) is 5.32. The van der Waals surface area contributed by atoms with Gasteiger partial charge in [-0.15, -0.1) is 0 Å². The third-order valence-corrected chi connectivity index (χ3v) is 6.29. The van der Waals surface area contributed by atoms with Gasteiger partial charge in [-0.3, -0.25) is 9.79 Å². The smallest absolute Gasteiger partial charge is 0.157 e. The van der Waals surface area contributed by atoms with Crippen molar-refractivity contribution < 1.29 is 4.79 Å². The highest BCUT2D eigenvalue weighted by atomic mass is 16.1. The van der Waals surface area contributed by atoms with Crippen molar-refractivity contribution in [3.8, 4) is 0 Å². The topological polar surface area (TPSA) is 55.5 Å². The first-order chi connectivity index (χ1) is 11.4. The van der Waals surface area contributed by atoms with Crippen LogP contribution in [0.5, 0.6) is 0 Å². The Kier molecular flexibility index (Phi) is 7.31. The average Bonchev–Trinajstić information content (AvgIpc) is 2.56. The number of hydrogen-bond donors (Lipinski definition) is 1. The number of hydrogen-bond acceptors (Lipinski definition) is 2. The summed E-state index contributed by atoms with van der Waals surface area (Å²) in [4.78, 5) is 17.7. The number of Topliss-reactive ketones (excluding diaryl/α,β-unsaturated/α-hetero) is 1. The van der Waals surface area contributed by atoms with E-state index in [1.165, 1.54) is 64.2 Å². The number of amidine groups is 1. The van der Waals surface area contributed by atoms with Crippen LogP contribution in [0, 0.1) is 17.8 Å². The van der Waals surface area contributed by atoms with Gasteiger partial charge in [0.1, 0.15) is 5.54 Å². The van der Waals surface area contributed by atoms with Crippen LogP contribution in [0.15, 0.2) is 4.99 Å². The van der Waals surface area contributed by atoms with Crippen molar-refractivity contribution >= 4 is 11.6 Å². The standard InChI is InChI=1S/C21H38N2O/c1-16(2)20(22)23-21(17(3)24,14-18-10-6-4-7-11-18)15-19-12-8-5-9-13-19/h16,18-19H,4-15H2,1-3H3,(H2,22,23). The zero-order valence-corrected chi connectivity index (χ0v) is 16.2. The van der Waals surface area contributed by atoms with E-state index in [2.05, 4.69) is 13.8 Å². The lowest BCUT2D eigenvalue weighted by Crippen LogP contribution is -2.42. The van der Waals surface area contributed by atoms with E-state index in [-0.39, 0.29) is 11.7 Å². The lowest BCUT2D eigenvalue weighted by molar-refractivity contribution is -0.123. The summed E-state index contributed by atoms with van der Waals surface area (Å²) in [5.41, 5.74) is 5.69. The molecule has 0 spiro atoms. The van der Waals surface area contributed by atoms with Gasteiger partial charge in [-0.1, -0.05) is 78.1 Å². The van der Waals surface area contributed by atoms with Crippen LogP contribution < -0.4 is 5.73 Å². The molecule has 0 aliphatic heterocycles. The Bertz CT molecular complexity index is 409. The molecule has 0 unspecified atom stereocenters. The van der Waals surface area contributed by atoms with Crippen molar-refractivity contribution in [1.29, 1.82) is 0 Å². The van der Waals surface area contributed by atoms with E-state index in [1.54, 1.807) is 6.92 Å². The first-order valence-corrected chi connectivity index (χ1v) is 10.3. The van der Waals surface area contributed by atoms with Gasteiger partial charge in [-0.2, -0.15) is 0 Å². The van der Waals surface area contributed by atoms with Crippen LogP contribution in [0.1, 0.15) is 97.8 Å². The van der Waals surface area contributed by atoms with Crippen molar-refractivity contribution in [2.45, 2.75) is 103 Å². The van der Waals surface area contributed by atoms with Crippen LogP contribution in [0.25, 0.3) is 0 Å². The van der Waals surface area contributed by atoms with Crippen molar-refractivity contribution in [3.63, 3.8) is 0 Å². The van der Waals surface area contributed by atoms with Gasteiger partial charge in [0, 0.05) is 5.92 Å². The fraction of sp³-hybridized carbons (Fsp3) is 0.905. The van der Waals surface area contributed by atoms with E-state index < -0.39 is 5.54 Å². The molecule has 0 aromatic heterocycles. The van der Waals surface area contributed by atoms with Crippen LogP contribution in [0.3, 0.4) is 0 Å². The van der Waals surface area contributed by atoms with Crippen molar-refractivity contribution in [2.75, 3.05) is 0 Å². The maximum Gasteiger partial charge on any atom is 0.157 e. The highest BCUT2D eigenvalue weighted by molar-refractivity contribution is 5.91. The molecule has 2 aliphatic rings. The minimum absolute atomic E-state index is 0.210. The van der Waals surface area contributed by atoms with Crippen molar-refractivity contribution in [2.24, 2.45) is 28.5 Å². The van der Waals surface area contributed by atoms with E-state index in [1.807, 2.05) is 0 Å². The predicted octanol–water partition coefficient (Wildman–Crippen LogP) is 5.27. The van der Waals surface area contributed by atoms with Crippen LogP contribution in [-0.2, 0) is 4.79 Å². The fourth-order valence-corrected chi connectivity index (χ4v) is 4.65. The molecule has 0 amide bonds. The predicted molar refractivity (Wildman–Crippen MR) is 102 cm³/mol. The first-order valence-electron chi connectivity index (χ1n) is 10.3. The highest BCUT2D eigenvalue weighted by Gasteiger charge is 2.40. The zero-order valence-electron chi connectivity index (χ0n) is 16.2. The third-order valence-electron chi connectivity index (χ3n) is 6.29. The molecule has 2 N–H and O–H groups in total. The molecule has 0 atom stereocenters. The van der Waals surface area contributed by atoms with Gasteiger partial charge in [0.15, 0.2) is 5.78 Å². The second-order valence-corrected chi connectivity index (χ2v) is 8.70. The fourth-order valence-electron chi connectivity index (χ4n) is 4.65. The lowest BCUT2D eigenvalue weighted by atomic mass is 9.71. The van der Waals surface area contributed by atoms with Crippen LogP contribution in [-0.4, -0.2) is 17.2 Å². The number of nitrogens with two attached hydrogens (primary N) is 1. The average molecular weight is 335 g/mol. The monoisotopic (exact) mass is 334 g/mol. The number of ketones is 1. The Morgan fingerprint density at radius 2 is 1.38 bits per heavy atom. The van der Waals surface area contributed by atoms with E-state index >= 15 is 0 Å². The maximum atomic E-state index is 12.8. The molecule has 0 aromatic carbocycles. The number of rotatable bonds is 7. The number of nitrogens with zero attached hydrogens (tertiary/aromatic N) is 1.